The predicted octanol–water partition coefficient (Wildman–Crippen LogP) is 3.02. The zero-order chi connectivity index (χ0) is 13.0. The molecule has 94 valence electrons. The van der Waals surface area contributed by atoms with Crippen LogP contribution in [-0.4, -0.2) is 10.1 Å². The number of aliphatic hydroxyl groups is 1. The van der Waals surface area contributed by atoms with Gasteiger partial charge in [0.25, 0.3) is 0 Å². The fraction of sp³-hybridized carbons (Fsp3) is 0.267. The average molecular weight is 243 g/mol. The summed E-state index contributed by atoms with van der Waals surface area (Å²) in [7, 11) is 0. The molecule has 0 fully saturated rings. The van der Waals surface area contributed by atoms with Gasteiger partial charge in [-0.05, 0) is 54.8 Å². The number of nitrogens with zero attached hydrogens (tertiary/aromatic N) is 1. The number of aromatic nitrogens is 1. The summed E-state index contributed by atoms with van der Waals surface area (Å²) >= 11 is 0. The smallest absolute Gasteiger partial charge is 0.122 e. The van der Waals surface area contributed by atoms with Crippen LogP contribution in [0.4, 0.5) is 0 Å². The van der Waals surface area contributed by atoms with Crippen LogP contribution >= 0.6 is 0 Å². The first-order valence-corrected chi connectivity index (χ1v) is 5.97. The van der Waals surface area contributed by atoms with Crippen molar-refractivity contribution in [1.82, 2.24) is 4.98 Å². The van der Waals surface area contributed by atoms with Crippen molar-refractivity contribution in [2.45, 2.75) is 26.6 Å². The lowest BCUT2D eigenvalue weighted by Gasteiger charge is -2.12. The minimum Gasteiger partial charge on any atom is -0.489 e. The van der Waals surface area contributed by atoms with Crippen molar-refractivity contribution in [2.75, 3.05) is 0 Å². The quantitative estimate of drug-likeness (QED) is 0.897. The Kier molecular flexibility index (Phi) is 3.95. The summed E-state index contributed by atoms with van der Waals surface area (Å²) in [5.41, 5.74) is 3.02. The first kappa shape index (κ1) is 12.6. The second-order valence-electron chi connectivity index (χ2n) is 4.35. The maximum atomic E-state index is 9.50. The van der Waals surface area contributed by atoms with Gasteiger partial charge in [0.15, 0.2) is 0 Å². The van der Waals surface area contributed by atoms with E-state index in [1.807, 2.05) is 37.3 Å². The van der Waals surface area contributed by atoms with Crippen molar-refractivity contribution in [3.05, 3.63) is 59.4 Å². The number of hydrogen-bond donors (Lipinski definition) is 1. The Morgan fingerprint density at radius 3 is 2.56 bits per heavy atom. The molecule has 1 heterocycles. The molecule has 1 atom stereocenters. The Balaban J connectivity index is 2.06. The molecule has 0 aliphatic carbocycles. The van der Waals surface area contributed by atoms with Gasteiger partial charge in [-0.3, -0.25) is 4.98 Å². The third kappa shape index (κ3) is 3.08. The Morgan fingerprint density at radius 2 is 1.94 bits per heavy atom. The van der Waals surface area contributed by atoms with Crippen molar-refractivity contribution < 1.29 is 9.84 Å². The highest BCUT2D eigenvalue weighted by atomic mass is 16.5. The van der Waals surface area contributed by atoms with E-state index >= 15 is 0 Å². The monoisotopic (exact) mass is 243 g/mol. The summed E-state index contributed by atoms with van der Waals surface area (Å²) in [5, 5.41) is 9.50. The predicted molar refractivity (Wildman–Crippen MR) is 70.4 cm³/mol. The molecule has 3 nitrogen and oxygen atoms in total. The Hall–Kier alpha value is -1.87. The zero-order valence-electron chi connectivity index (χ0n) is 10.6. The molecule has 1 aromatic heterocycles. The molecule has 18 heavy (non-hydrogen) atoms. The van der Waals surface area contributed by atoms with Crippen LogP contribution in [0.5, 0.6) is 5.75 Å². The largest absolute Gasteiger partial charge is 0.489 e. The topological polar surface area (TPSA) is 42.4 Å². The second kappa shape index (κ2) is 5.65. The number of ether oxygens (including phenoxy) is 1. The molecule has 2 aromatic rings. The van der Waals surface area contributed by atoms with Crippen LogP contribution in [0.1, 0.15) is 29.7 Å². The van der Waals surface area contributed by atoms with Crippen LogP contribution in [-0.2, 0) is 6.61 Å². The van der Waals surface area contributed by atoms with Gasteiger partial charge in [0.05, 0.1) is 6.10 Å². The van der Waals surface area contributed by atoms with Crippen LogP contribution in [0.2, 0.25) is 0 Å². The molecule has 0 aliphatic rings. The Bertz CT molecular complexity index is 509. The highest BCUT2D eigenvalue weighted by Crippen LogP contribution is 2.23. The first-order valence-electron chi connectivity index (χ1n) is 5.97. The van der Waals surface area contributed by atoms with Gasteiger partial charge in [-0.1, -0.05) is 6.07 Å². The second-order valence-corrected chi connectivity index (χ2v) is 4.35. The minimum atomic E-state index is -0.446. The van der Waals surface area contributed by atoms with Crippen LogP contribution in [0.25, 0.3) is 0 Å². The van der Waals surface area contributed by atoms with E-state index in [0.717, 1.165) is 22.4 Å². The molecular formula is C15H17NO2. The molecule has 1 unspecified atom stereocenters. The van der Waals surface area contributed by atoms with Crippen LogP contribution in [0.3, 0.4) is 0 Å². The molecule has 0 amide bonds. The van der Waals surface area contributed by atoms with E-state index in [1.54, 1.807) is 19.3 Å². The Morgan fingerprint density at radius 1 is 1.22 bits per heavy atom. The molecule has 0 aliphatic heterocycles. The molecule has 1 aromatic carbocycles. The summed E-state index contributed by atoms with van der Waals surface area (Å²) in [5.74, 6) is 0.844. The van der Waals surface area contributed by atoms with E-state index in [1.165, 1.54) is 0 Å². The molecule has 0 saturated heterocycles. The molecule has 0 spiro atoms. The molecule has 3 heteroatoms. The molecular weight excluding hydrogens is 226 g/mol. The summed E-state index contributed by atoms with van der Waals surface area (Å²) in [6.07, 6.45) is 3.06. The number of aryl methyl sites for hydroxylation is 1. The van der Waals surface area contributed by atoms with Gasteiger partial charge in [-0.2, -0.15) is 0 Å². The van der Waals surface area contributed by atoms with Gasteiger partial charge in [0.2, 0.25) is 0 Å². The highest BCUT2D eigenvalue weighted by molar-refractivity contribution is 5.37. The highest BCUT2D eigenvalue weighted by Gasteiger charge is 2.05. The third-order valence-electron chi connectivity index (χ3n) is 2.83. The summed E-state index contributed by atoms with van der Waals surface area (Å²) in [6, 6.07) is 9.60. The van der Waals surface area contributed by atoms with E-state index < -0.39 is 6.10 Å². The van der Waals surface area contributed by atoms with E-state index in [-0.39, 0.29) is 0 Å². The number of aliphatic hydroxyl groups excluding tert-OH is 1. The fourth-order valence-corrected chi connectivity index (χ4v) is 1.73. The SMILES string of the molecule is Cc1cc(C(C)O)ccc1OCc1ccncc1. The first-order chi connectivity index (χ1) is 8.66. The molecule has 0 radical (unpaired) electrons. The van der Waals surface area contributed by atoms with Crippen LogP contribution in [0.15, 0.2) is 42.7 Å². The molecule has 2 rings (SSSR count). The van der Waals surface area contributed by atoms with Crippen molar-refractivity contribution in [3.8, 4) is 5.75 Å². The van der Waals surface area contributed by atoms with E-state index in [9.17, 15) is 5.11 Å². The molecule has 0 saturated carbocycles. The maximum Gasteiger partial charge on any atom is 0.122 e. The zero-order valence-corrected chi connectivity index (χ0v) is 10.6. The van der Waals surface area contributed by atoms with Crippen molar-refractivity contribution in [1.29, 1.82) is 0 Å². The minimum absolute atomic E-state index is 0.446. The van der Waals surface area contributed by atoms with E-state index in [2.05, 4.69) is 4.98 Å². The fourth-order valence-electron chi connectivity index (χ4n) is 1.73. The van der Waals surface area contributed by atoms with Crippen LogP contribution in [0, 0.1) is 6.92 Å². The van der Waals surface area contributed by atoms with Crippen LogP contribution < -0.4 is 4.74 Å². The van der Waals surface area contributed by atoms with E-state index in [4.69, 9.17) is 4.74 Å². The lowest BCUT2D eigenvalue weighted by molar-refractivity contribution is 0.199. The lowest BCUT2D eigenvalue weighted by atomic mass is 10.1. The summed E-state index contributed by atoms with van der Waals surface area (Å²) < 4.78 is 5.75. The number of pyridine rings is 1. The van der Waals surface area contributed by atoms with Gasteiger partial charge >= 0.3 is 0 Å². The number of benzene rings is 1. The van der Waals surface area contributed by atoms with Gasteiger partial charge in [-0.15, -0.1) is 0 Å². The average Bonchev–Trinajstić information content (AvgIpc) is 2.38. The number of rotatable bonds is 4. The van der Waals surface area contributed by atoms with Gasteiger partial charge < -0.3 is 9.84 Å². The normalized spacial score (nSPS) is 12.2. The Labute approximate surface area is 107 Å². The van der Waals surface area contributed by atoms with Gasteiger partial charge in [0, 0.05) is 12.4 Å². The summed E-state index contributed by atoms with van der Waals surface area (Å²) in [6.45, 7) is 4.26. The van der Waals surface area contributed by atoms with Crippen molar-refractivity contribution >= 4 is 0 Å². The lowest BCUT2D eigenvalue weighted by Crippen LogP contribution is -1.98. The maximum absolute atomic E-state index is 9.50. The van der Waals surface area contributed by atoms with Crippen molar-refractivity contribution in [3.63, 3.8) is 0 Å². The van der Waals surface area contributed by atoms with Crippen molar-refractivity contribution in [2.24, 2.45) is 0 Å². The third-order valence-corrected chi connectivity index (χ3v) is 2.83. The standard InChI is InChI=1S/C15H17NO2/c1-11-9-14(12(2)17)3-4-15(11)18-10-13-5-7-16-8-6-13/h3-9,12,17H,10H2,1-2H3. The van der Waals surface area contributed by atoms with Gasteiger partial charge in [-0.25, -0.2) is 0 Å². The molecule has 1 N–H and O–H groups in total. The molecule has 0 bridgehead atoms. The number of hydrogen-bond acceptors (Lipinski definition) is 3. The van der Waals surface area contributed by atoms with E-state index in [0.29, 0.717) is 6.61 Å². The van der Waals surface area contributed by atoms with Gasteiger partial charge in [0.1, 0.15) is 12.4 Å². The summed E-state index contributed by atoms with van der Waals surface area (Å²) in [4.78, 5) is 3.97.